The molecule has 2 fully saturated rings. The molecule has 2 aromatic rings. The number of hydrogen-bond acceptors (Lipinski definition) is 4. The van der Waals surface area contributed by atoms with Crippen molar-refractivity contribution in [3.8, 4) is 0 Å². The Balaban J connectivity index is 1.54. The van der Waals surface area contributed by atoms with Crippen LogP contribution in [0.15, 0.2) is 22.8 Å². The van der Waals surface area contributed by atoms with Gasteiger partial charge in [0, 0.05) is 30.6 Å². The number of aromatic nitrogens is 1. The van der Waals surface area contributed by atoms with E-state index in [4.69, 9.17) is 16.0 Å². The summed E-state index contributed by atoms with van der Waals surface area (Å²) >= 11 is 6.05. The third-order valence-corrected chi connectivity index (χ3v) is 4.94. The molecule has 4 atom stereocenters. The molecule has 0 radical (unpaired) electrons. The van der Waals surface area contributed by atoms with Crippen molar-refractivity contribution in [1.29, 1.82) is 0 Å². The van der Waals surface area contributed by atoms with Crippen LogP contribution in [0.4, 0.5) is 0 Å². The number of amides is 1. The van der Waals surface area contributed by atoms with Gasteiger partial charge >= 0.3 is 0 Å². The number of pyridine rings is 1. The van der Waals surface area contributed by atoms with E-state index in [1.165, 1.54) is 0 Å². The van der Waals surface area contributed by atoms with Crippen LogP contribution in [-0.2, 0) is 0 Å². The van der Waals surface area contributed by atoms with Gasteiger partial charge in [-0.15, -0.1) is 0 Å². The van der Waals surface area contributed by atoms with Crippen LogP contribution < -0.4 is 5.32 Å². The summed E-state index contributed by atoms with van der Waals surface area (Å²) in [4.78, 5) is 19.0. The maximum Gasteiger partial charge on any atom is 0.270 e. The molecule has 0 aromatic carbocycles. The lowest BCUT2D eigenvalue weighted by Crippen LogP contribution is -2.45. The minimum Gasteiger partial charge on any atom is -0.461 e. The van der Waals surface area contributed by atoms with E-state index in [2.05, 4.69) is 22.1 Å². The van der Waals surface area contributed by atoms with Crippen LogP contribution in [0, 0.1) is 5.92 Å². The first-order valence-electron chi connectivity index (χ1n) is 7.20. The van der Waals surface area contributed by atoms with Crippen molar-refractivity contribution in [2.45, 2.75) is 25.4 Å². The van der Waals surface area contributed by atoms with Gasteiger partial charge in [0.2, 0.25) is 0 Å². The zero-order valence-electron chi connectivity index (χ0n) is 11.7. The number of fused-ring (bicyclic) bond motifs is 3. The van der Waals surface area contributed by atoms with E-state index in [1.54, 1.807) is 18.4 Å². The highest BCUT2D eigenvalue weighted by atomic mass is 35.5. The molecule has 0 saturated carbocycles. The predicted molar refractivity (Wildman–Crippen MR) is 79.4 cm³/mol. The summed E-state index contributed by atoms with van der Waals surface area (Å²) in [7, 11) is 0. The Bertz CT molecular complexity index is 712. The fraction of sp³-hybridized carbons (Fsp3) is 0.467. The van der Waals surface area contributed by atoms with E-state index >= 15 is 0 Å². The van der Waals surface area contributed by atoms with E-state index in [-0.39, 0.29) is 17.1 Å². The number of carbonyl (C=O) groups is 1. The lowest BCUT2D eigenvalue weighted by atomic mass is 9.96. The zero-order valence-corrected chi connectivity index (χ0v) is 12.4. The molecule has 0 spiro atoms. The van der Waals surface area contributed by atoms with Crippen LogP contribution in [0.1, 0.15) is 23.8 Å². The summed E-state index contributed by atoms with van der Waals surface area (Å²) in [6.45, 7) is 4.26. The van der Waals surface area contributed by atoms with Gasteiger partial charge in [0.15, 0.2) is 10.7 Å². The normalized spacial score (nSPS) is 31.0. The third-order valence-electron chi connectivity index (χ3n) is 4.68. The van der Waals surface area contributed by atoms with Gasteiger partial charge in [-0.25, -0.2) is 4.98 Å². The quantitative estimate of drug-likeness (QED) is 0.865. The molecule has 6 heteroatoms. The smallest absolute Gasteiger partial charge is 0.270 e. The molecule has 2 aromatic heterocycles. The Kier molecular flexibility index (Phi) is 2.94. The Morgan fingerprint density at radius 1 is 1.52 bits per heavy atom. The van der Waals surface area contributed by atoms with Crippen LogP contribution >= 0.6 is 11.6 Å². The topological polar surface area (TPSA) is 58.4 Å². The molecule has 21 heavy (non-hydrogen) atoms. The van der Waals surface area contributed by atoms with Gasteiger partial charge in [0.1, 0.15) is 5.69 Å². The number of piperidine rings is 1. The number of furan rings is 1. The minimum atomic E-state index is -0.161. The average molecular weight is 306 g/mol. The van der Waals surface area contributed by atoms with Gasteiger partial charge in [0.25, 0.3) is 5.91 Å². The van der Waals surface area contributed by atoms with E-state index in [1.807, 2.05) is 0 Å². The lowest BCUT2D eigenvalue weighted by molar-refractivity contribution is 0.0914. The molecule has 0 aliphatic carbocycles. The Labute approximate surface area is 127 Å². The van der Waals surface area contributed by atoms with Crippen molar-refractivity contribution in [2.24, 2.45) is 5.92 Å². The van der Waals surface area contributed by atoms with Gasteiger partial charge in [-0.2, -0.15) is 0 Å². The van der Waals surface area contributed by atoms with Crippen molar-refractivity contribution in [3.63, 3.8) is 0 Å². The molecular formula is C15H16ClN3O2. The number of nitrogens with zero attached hydrogens (tertiary/aromatic N) is 2. The summed E-state index contributed by atoms with van der Waals surface area (Å²) in [6, 6.07) is 4.35. The first-order chi connectivity index (χ1) is 10.1. The number of halogens is 1. The highest BCUT2D eigenvalue weighted by molar-refractivity contribution is 6.33. The number of hydrogen-bond donors (Lipinski definition) is 1. The Hall–Kier alpha value is -1.59. The molecule has 4 heterocycles. The zero-order chi connectivity index (χ0) is 14.6. The third kappa shape index (κ3) is 2.12. The van der Waals surface area contributed by atoms with Crippen LogP contribution in [0.3, 0.4) is 0 Å². The highest BCUT2D eigenvalue weighted by Crippen LogP contribution is 2.33. The Morgan fingerprint density at radius 2 is 2.38 bits per heavy atom. The first kappa shape index (κ1) is 13.1. The summed E-state index contributed by atoms with van der Waals surface area (Å²) in [5.41, 5.74) is 0.868. The Morgan fingerprint density at radius 3 is 3.10 bits per heavy atom. The minimum absolute atomic E-state index is 0.161. The average Bonchev–Trinajstić information content (AvgIpc) is 3.13. The molecule has 1 N–H and O–H groups in total. The van der Waals surface area contributed by atoms with Crippen LogP contribution in [0.5, 0.6) is 0 Å². The standard InChI is InChI=1S/C15H16ClN3O2/c1-8-4-10-6-19(8)7-12(10)18-15(20)11-5-9-2-3-21-13(9)14(16)17-11/h2-3,5,8,10,12H,4,6-7H2,1H3,(H,18,20). The molecule has 5 nitrogen and oxygen atoms in total. The molecule has 2 saturated heterocycles. The maximum atomic E-state index is 12.4. The molecule has 2 aliphatic rings. The molecule has 4 rings (SSSR count). The summed E-state index contributed by atoms with van der Waals surface area (Å²) in [5, 5.41) is 4.13. The molecule has 2 aliphatic heterocycles. The second-order valence-electron chi connectivity index (χ2n) is 6.02. The van der Waals surface area contributed by atoms with Crippen molar-refractivity contribution >= 4 is 28.5 Å². The van der Waals surface area contributed by atoms with E-state index in [0.29, 0.717) is 23.2 Å². The summed E-state index contributed by atoms with van der Waals surface area (Å²) < 4.78 is 5.24. The second kappa shape index (κ2) is 4.71. The fourth-order valence-electron chi connectivity index (χ4n) is 3.55. The highest BCUT2D eigenvalue weighted by Gasteiger charge is 2.42. The molecule has 4 unspecified atom stereocenters. The van der Waals surface area contributed by atoms with Gasteiger partial charge in [-0.1, -0.05) is 11.6 Å². The number of rotatable bonds is 2. The first-order valence-corrected chi connectivity index (χ1v) is 7.58. The molecule has 2 bridgehead atoms. The summed E-state index contributed by atoms with van der Waals surface area (Å²) in [6.07, 6.45) is 2.70. The molecule has 1 amide bonds. The molecular weight excluding hydrogens is 290 g/mol. The van der Waals surface area contributed by atoms with Crippen molar-refractivity contribution in [1.82, 2.24) is 15.2 Å². The van der Waals surface area contributed by atoms with Gasteiger partial charge < -0.3 is 9.73 Å². The number of carbonyl (C=O) groups excluding carboxylic acids is 1. The van der Waals surface area contributed by atoms with Crippen LogP contribution in [0.25, 0.3) is 11.0 Å². The van der Waals surface area contributed by atoms with Crippen molar-refractivity contribution < 1.29 is 9.21 Å². The van der Waals surface area contributed by atoms with Gasteiger partial charge in [0.05, 0.1) is 6.26 Å². The van der Waals surface area contributed by atoms with E-state index in [0.717, 1.165) is 24.9 Å². The number of nitrogens with one attached hydrogen (secondary N) is 1. The summed E-state index contributed by atoms with van der Waals surface area (Å²) in [5.74, 6) is 0.392. The SMILES string of the molecule is CC1CC2CN1CC2NC(=O)c1cc2ccoc2c(Cl)n1. The van der Waals surface area contributed by atoms with Gasteiger partial charge in [-0.3, -0.25) is 9.69 Å². The maximum absolute atomic E-state index is 12.4. The van der Waals surface area contributed by atoms with Crippen LogP contribution in [-0.4, -0.2) is 41.0 Å². The van der Waals surface area contributed by atoms with Crippen molar-refractivity contribution in [3.05, 3.63) is 29.2 Å². The fourth-order valence-corrected chi connectivity index (χ4v) is 3.79. The predicted octanol–water partition coefficient (Wildman–Crippen LogP) is 2.30. The van der Waals surface area contributed by atoms with Crippen LogP contribution in [0.2, 0.25) is 5.15 Å². The van der Waals surface area contributed by atoms with E-state index in [9.17, 15) is 4.79 Å². The monoisotopic (exact) mass is 305 g/mol. The van der Waals surface area contributed by atoms with Crippen molar-refractivity contribution in [2.75, 3.05) is 13.1 Å². The largest absolute Gasteiger partial charge is 0.461 e. The second-order valence-corrected chi connectivity index (χ2v) is 6.37. The van der Waals surface area contributed by atoms with E-state index < -0.39 is 0 Å². The molecule has 110 valence electrons. The lowest BCUT2D eigenvalue weighted by Gasteiger charge is -2.27. The van der Waals surface area contributed by atoms with Gasteiger partial charge in [-0.05, 0) is 31.4 Å².